The zero-order valence-electron chi connectivity index (χ0n) is 18.4. The highest BCUT2D eigenvalue weighted by molar-refractivity contribution is 5.76. The summed E-state index contributed by atoms with van der Waals surface area (Å²) in [5, 5.41) is 16.6. The van der Waals surface area contributed by atoms with Crippen LogP contribution in [0.4, 0.5) is 23.4 Å². The van der Waals surface area contributed by atoms with Crippen molar-refractivity contribution in [2.45, 2.75) is 38.3 Å². The van der Waals surface area contributed by atoms with Gasteiger partial charge < -0.3 is 11.1 Å². The topological polar surface area (TPSA) is 96.7 Å². The van der Waals surface area contributed by atoms with Gasteiger partial charge >= 0.3 is 6.18 Å². The van der Waals surface area contributed by atoms with E-state index < -0.39 is 17.6 Å². The van der Waals surface area contributed by atoms with Gasteiger partial charge in [0.1, 0.15) is 23.3 Å². The van der Waals surface area contributed by atoms with Gasteiger partial charge in [-0.15, -0.1) is 0 Å². The van der Waals surface area contributed by atoms with Crippen LogP contribution in [0, 0.1) is 17.1 Å². The number of hydrogen-bond acceptors (Lipinski definition) is 4. The van der Waals surface area contributed by atoms with Gasteiger partial charge in [0, 0.05) is 13.0 Å². The van der Waals surface area contributed by atoms with E-state index in [1.54, 1.807) is 6.92 Å². The molecule has 0 fully saturated rings. The van der Waals surface area contributed by atoms with Crippen LogP contribution in [0.1, 0.15) is 48.1 Å². The normalized spacial score (nSPS) is 12.2. The van der Waals surface area contributed by atoms with Crippen molar-refractivity contribution in [3.63, 3.8) is 0 Å². The van der Waals surface area contributed by atoms with Gasteiger partial charge in [0.25, 0.3) is 0 Å². The van der Waals surface area contributed by atoms with Crippen LogP contribution in [0.25, 0.3) is 5.69 Å². The summed E-state index contributed by atoms with van der Waals surface area (Å²) in [6.07, 6.45) is -3.39. The van der Waals surface area contributed by atoms with Gasteiger partial charge in [0.2, 0.25) is 5.91 Å². The molecule has 178 valence electrons. The molecule has 0 aliphatic heterocycles. The maximum atomic E-state index is 13.2. The molecule has 34 heavy (non-hydrogen) atoms. The monoisotopic (exact) mass is 473 g/mol. The lowest BCUT2D eigenvalue weighted by atomic mass is 9.96. The minimum absolute atomic E-state index is 0.126. The van der Waals surface area contributed by atoms with Gasteiger partial charge in [-0.1, -0.05) is 19.1 Å². The summed E-state index contributed by atoms with van der Waals surface area (Å²) < 4.78 is 52.6. The lowest BCUT2D eigenvalue weighted by molar-refractivity contribution is -0.137. The van der Waals surface area contributed by atoms with Crippen LogP contribution in [0.5, 0.6) is 0 Å². The Morgan fingerprint density at radius 3 is 2.41 bits per heavy atom. The minimum atomic E-state index is -4.40. The third kappa shape index (κ3) is 5.92. The van der Waals surface area contributed by atoms with E-state index in [2.05, 4.69) is 10.4 Å². The number of alkyl halides is 3. The number of benzene rings is 2. The Labute approximate surface area is 194 Å². The van der Waals surface area contributed by atoms with E-state index in [9.17, 15) is 27.6 Å². The predicted molar refractivity (Wildman–Crippen MR) is 118 cm³/mol. The number of halogens is 4. The van der Waals surface area contributed by atoms with E-state index in [-0.39, 0.29) is 29.6 Å². The molecule has 1 atom stereocenters. The van der Waals surface area contributed by atoms with Crippen LogP contribution >= 0.6 is 0 Å². The van der Waals surface area contributed by atoms with Crippen molar-refractivity contribution in [3.05, 3.63) is 76.7 Å². The lowest BCUT2D eigenvalue weighted by Crippen LogP contribution is -2.26. The molecule has 3 N–H and O–H groups in total. The first kappa shape index (κ1) is 24.8. The fourth-order valence-electron chi connectivity index (χ4n) is 3.51. The summed E-state index contributed by atoms with van der Waals surface area (Å²) >= 11 is 0. The maximum absolute atomic E-state index is 13.2. The van der Waals surface area contributed by atoms with E-state index in [0.717, 1.165) is 12.1 Å². The fourth-order valence-corrected chi connectivity index (χ4v) is 3.51. The van der Waals surface area contributed by atoms with Gasteiger partial charge in [-0.2, -0.15) is 23.5 Å². The second-order valence-corrected chi connectivity index (χ2v) is 7.89. The van der Waals surface area contributed by atoms with Crippen LogP contribution in [0.3, 0.4) is 0 Å². The summed E-state index contributed by atoms with van der Waals surface area (Å²) in [6, 6.07) is 12.3. The second kappa shape index (κ2) is 10.4. The van der Waals surface area contributed by atoms with Gasteiger partial charge in [-0.05, 0) is 60.7 Å². The van der Waals surface area contributed by atoms with E-state index in [1.807, 2.05) is 6.07 Å². The van der Waals surface area contributed by atoms with Crippen molar-refractivity contribution >= 4 is 11.7 Å². The first-order valence-electron chi connectivity index (χ1n) is 10.6. The molecule has 1 aromatic heterocycles. The summed E-state index contributed by atoms with van der Waals surface area (Å²) in [4.78, 5) is 12.2. The molecule has 0 spiro atoms. The quantitative estimate of drug-likeness (QED) is 0.365. The zero-order chi connectivity index (χ0) is 24.9. The predicted octanol–water partition coefficient (Wildman–Crippen LogP) is 4.73. The van der Waals surface area contributed by atoms with Gasteiger partial charge in [0.15, 0.2) is 0 Å². The molecule has 2 aromatic carbocycles. The molecular weight excluding hydrogens is 450 g/mol. The van der Waals surface area contributed by atoms with E-state index in [4.69, 9.17) is 5.73 Å². The van der Waals surface area contributed by atoms with Crippen LogP contribution in [-0.2, 0) is 17.4 Å². The average molecular weight is 473 g/mol. The number of nitrogens with two attached hydrogens (primary N) is 1. The lowest BCUT2D eigenvalue weighted by Gasteiger charge is -2.13. The number of nitriles is 1. The van der Waals surface area contributed by atoms with Crippen LogP contribution in [-0.4, -0.2) is 22.2 Å². The van der Waals surface area contributed by atoms with Crippen molar-refractivity contribution in [3.8, 4) is 11.8 Å². The number of aryl methyl sites for hydroxylation is 1. The number of anilines is 1. The smallest absolute Gasteiger partial charge is 0.382 e. The highest BCUT2D eigenvalue weighted by Crippen LogP contribution is 2.30. The third-order valence-electron chi connectivity index (χ3n) is 5.39. The van der Waals surface area contributed by atoms with Gasteiger partial charge in [0.05, 0.1) is 16.9 Å². The van der Waals surface area contributed by atoms with Crippen molar-refractivity contribution in [2.24, 2.45) is 0 Å². The second-order valence-electron chi connectivity index (χ2n) is 7.89. The molecule has 3 rings (SSSR count). The van der Waals surface area contributed by atoms with Gasteiger partial charge in [-0.3, -0.25) is 4.79 Å². The summed E-state index contributed by atoms with van der Waals surface area (Å²) in [6.45, 7) is 2.10. The number of nitrogens with zero attached hydrogens (tertiary/aromatic N) is 3. The molecule has 0 aliphatic carbocycles. The third-order valence-corrected chi connectivity index (χ3v) is 5.39. The number of nitrogen functional groups attached to an aromatic ring is 1. The summed E-state index contributed by atoms with van der Waals surface area (Å²) in [7, 11) is 0. The Hall–Kier alpha value is -3.87. The molecule has 10 heteroatoms. The average Bonchev–Trinajstić information content (AvgIpc) is 3.11. The molecule has 0 radical (unpaired) electrons. The molecule has 1 amide bonds. The van der Waals surface area contributed by atoms with E-state index >= 15 is 0 Å². The highest BCUT2D eigenvalue weighted by Gasteiger charge is 2.30. The Morgan fingerprint density at radius 2 is 1.82 bits per heavy atom. The first-order chi connectivity index (χ1) is 16.1. The SMILES string of the molecule is CC(CC(=O)NCCCc1nn(-c2ccc(F)cc2)c(N)c1C#N)c1ccc(C(F)(F)F)cc1. The molecular formula is C24H23F4N5O. The van der Waals surface area contributed by atoms with Gasteiger partial charge in [-0.25, -0.2) is 9.07 Å². The van der Waals surface area contributed by atoms with Crippen LogP contribution in [0.15, 0.2) is 48.5 Å². The molecule has 0 bridgehead atoms. The Balaban J connectivity index is 1.52. The number of rotatable bonds is 8. The van der Waals surface area contributed by atoms with Crippen molar-refractivity contribution in [1.82, 2.24) is 15.1 Å². The number of carbonyl (C=O) groups excluding carboxylic acids is 1. The number of hydrogen-bond donors (Lipinski definition) is 2. The first-order valence-corrected chi connectivity index (χ1v) is 10.6. The molecule has 0 saturated carbocycles. The van der Waals surface area contributed by atoms with E-state index in [0.29, 0.717) is 36.3 Å². The highest BCUT2D eigenvalue weighted by atomic mass is 19.4. The number of nitrogens with one attached hydrogen (secondary N) is 1. The Kier molecular flexibility index (Phi) is 7.56. The standard InChI is InChI=1S/C24H23F4N5O/c1-15(16-4-6-17(7-5-16)24(26,27)28)13-22(34)31-12-2-3-21-20(14-29)23(30)33(32-21)19-10-8-18(25)9-11-19/h4-11,15H,2-3,12-13,30H2,1H3,(H,31,34). The summed E-state index contributed by atoms with van der Waals surface area (Å²) in [5.74, 6) is -0.736. The molecule has 1 unspecified atom stereocenters. The summed E-state index contributed by atoms with van der Waals surface area (Å²) in [5.41, 5.74) is 7.16. The van der Waals surface area contributed by atoms with Crippen molar-refractivity contribution < 1.29 is 22.4 Å². The van der Waals surface area contributed by atoms with Crippen molar-refractivity contribution in [1.29, 1.82) is 5.26 Å². The molecule has 6 nitrogen and oxygen atoms in total. The Bertz CT molecular complexity index is 1180. The molecule has 0 aliphatic rings. The largest absolute Gasteiger partial charge is 0.416 e. The van der Waals surface area contributed by atoms with Crippen LogP contribution < -0.4 is 11.1 Å². The van der Waals surface area contributed by atoms with Crippen molar-refractivity contribution in [2.75, 3.05) is 12.3 Å². The molecule has 0 saturated heterocycles. The van der Waals surface area contributed by atoms with E-state index in [1.165, 1.54) is 41.1 Å². The molecule has 1 heterocycles. The maximum Gasteiger partial charge on any atom is 0.416 e. The molecule has 3 aromatic rings. The Morgan fingerprint density at radius 1 is 1.18 bits per heavy atom. The van der Waals surface area contributed by atoms with Crippen LogP contribution in [0.2, 0.25) is 0 Å². The fraction of sp³-hybridized carbons (Fsp3) is 0.292. The number of carbonyl (C=O) groups is 1. The number of aromatic nitrogens is 2. The number of amides is 1. The zero-order valence-corrected chi connectivity index (χ0v) is 18.4. The minimum Gasteiger partial charge on any atom is -0.382 e.